The fourth-order valence-electron chi connectivity index (χ4n) is 2.92. The fraction of sp³-hybridized carbons (Fsp3) is 0.435. The van der Waals surface area contributed by atoms with Crippen molar-refractivity contribution < 1.29 is 9.53 Å². The number of ether oxygens (including phenoxy) is 1. The van der Waals surface area contributed by atoms with E-state index < -0.39 is 6.23 Å². The number of nitrogens with zero attached hydrogens (tertiary/aromatic N) is 2. The average Bonchev–Trinajstić information content (AvgIpc) is 2.73. The van der Waals surface area contributed by atoms with E-state index in [1.165, 1.54) is 0 Å². The number of carbonyl (C=O) groups excluding carboxylic acids is 1. The minimum atomic E-state index is -0.629. The first-order chi connectivity index (χ1) is 13.2. The second-order valence-corrected chi connectivity index (χ2v) is 6.76. The molecule has 2 aromatic carbocycles. The van der Waals surface area contributed by atoms with Gasteiger partial charge in [-0.15, -0.1) is 0 Å². The third kappa shape index (κ3) is 6.40. The third-order valence-electron chi connectivity index (χ3n) is 4.61. The van der Waals surface area contributed by atoms with Crippen molar-refractivity contribution in [3.05, 3.63) is 60.7 Å². The third-order valence-corrected chi connectivity index (χ3v) is 4.61. The van der Waals surface area contributed by atoms with E-state index in [9.17, 15) is 4.79 Å². The van der Waals surface area contributed by atoms with Gasteiger partial charge in [-0.1, -0.05) is 63.1 Å². The topological polar surface area (TPSA) is 32.8 Å². The Morgan fingerprint density at radius 2 is 1.41 bits per heavy atom. The lowest BCUT2D eigenvalue weighted by atomic mass is 10.2. The molecule has 1 amide bonds. The van der Waals surface area contributed by atoms with Crippen LogP contribution in [-0.4, -0.2) is 37.2 Å². The lowest BCUT2D eigenvalue weighted by molar-refractivity contribution is -0.133. The molecule has 0 saturated carbocycles. The summed E-state index contributed by atoms with van der Waals surface area (Å²) in [6.45, 7) is 6.04. The lowest BCUT2D eigenvalue weighted by Crippen LogP contribution is -2.51. The monoisotopic (exact) mass is 368 g/mol. The molecule has 0 heterocycles. The number of unbranched alkanes of at least 4 members (excludes halogenated alkanes) is 2. The summed E-state index contributed by atoms with van der Waals surface area (Å²) in [7, 11) is 1.82. The standard InChI is InChI=1S/C23H32N2O2/c1-4-6-18-25(19-7-5-2)23(27-21-16-12-9-13-17-21)22(26)24(3)20-14-10-8-11-15-20/h8-17,23H,4-7,18-19H2,1-3H3. The first-order valence-corrected chi connectivity index (χ1v) is 9.95. The molecule has 0 aliphatic carbocycles. The van der Waals surface area contributed by atoms with Crippen molar-refractivity contribution in [3.63, 3.8) is 0 Å². The van der Waals surface area contributed by atoms with Gasteiger partial charge in [0.2, 0.25) is 6.23 Å². The first kappa shape index (κ1) is 21.0. The molecule has 0 bridgehead atoms. The number of hydrogen-bond acceptors (Lipinski definition) is 3. The fourth-order valence-corrected chi connectivity index (χ4v) is 2.92. The SMILES string of the molecule is CCCCN(CCCC)C(Oc1ccccc1)C(=O)N(C)c1ccccc1. The number of hydrogen-bond donors (Lipinski definition) is 0. The zero-order chi connectivity index (χ0) is 19.5. The van der Waals surface area contributed by atoms with Gasteiger partial charge in [-0.25, -0.2) is 0 Å². The van der Waals surface area contributed by atoms with Crippen molar-refractivity contribution in [1.29, 1.82) is 0 Å². The molecule has 0 aliphatic heterocycles. The summed E-state index contributed by atoms with van der Waals surface area (Å²) in [6, 6.07) is 19.3. The highest BCUT2D eigenvalue weighted by Crippen LogP contribution is 2.19. The number of amides is 1. The van der Waals surface area contributed by atoms with E-state index in [4.69, 9.17) is 4.74 Å². The van der Waals surface area contributed by atoms with E-state index in [1.807, 2.05) is 67.7 Å². The average molecular weight is 369 g/mol. The Hall–Kier alpha value is -2.33. The van der Waals surface area contributed by atoms with Crippen LogP contribution in [0.3, 0.4) is 0 Å². The summed E-state index contributed by atoms with van der Waals surface area (Å²) in [6.07, 6.45) is 3.63. The van der Waals surface area contributed by atoms with Crippen LogP contribution in [-0.2, 0) is 4.79 Å². The number of carbonyl (C=O) groups is 1. The molecule has 2 rings (SSSR count). The van der Waals surface area contributed by atoms with Gasteiger partial charge in [0.15, 0.2) is 0 Å². The summed E-state index contributed by atoms with van der Waals surface area (Å²) in [5, 5.41) is 0. The number of anilines is 1. The zero-order valence-corrected chi connectivity index (χ0v) is 16.8. The van der Waals surface area contributed by atoms with Gasteiger partial charge in [-0.2, -0.15) is 0 Å². The molecule has 0 aliphatic rings. The Balaban J connectivity index is 2.26. The largest absolute Gasteiger partial charge is 0.466 e. The van der Waals surface area contributed by atoms with E-state index in [0.717, 1.165) is 50.2 Å². The molecule has 0 N–H and O–H groups in total. The summed E-state index contributed by atoms with van der Waals surface area (Å²) in [4.78, 5) is 17.3. The van der Waals surface area contributed by atoms with Crippen LogP contribution in [0.15, 0.2) is 60.7 Å². The Morgan fingerprint density at radius 3 is 1.93 bits per heavy atom. The van der Waals surface area contributed by atoms with Crippen LogP contribution in [0.2, 0.25) is 0 Å². The van der Waals surface area contributed by atoms with Gasteiger partial charge in [0, 0.05) is 25.8 Å². The smallest absolute Gasteiger partial charge is 0.283 e. The van der Waals surface area contributed by atoms with E-state index in [0.29, 0.717) is 0 Å². The van der Waals surface area contributed by atoms with Gasteiger partial charge < -0.3 is 9.64 Å². The predicted molar refractivity (Wildman–Crippen MR) is 112 cm³/mol. The highest BCUT2D eigenvalue weighted by atomic mass is 16.5. The van der Waals surface area contributed by atoms with Crippen LogP contribution < -0.4 is 9.64 Å². The van der Waals surface area contributed by atoms with Crippen molar-refractivity contribution >= 4 is 11.6 Å². The van der Waals surface area contributed by atoms with Gasteiger partial charge >= 0.3 is 0 Å². The first-order valence-electron chi connectivity index (χ1n) is 9.95. The molecule has 1 unspecified atom stereocenters. The second kappa shape index (κ2) is 11.4. The molecule has 1 atom stereocenters. The van der Waals surface area contributed by atoms with Crippen LogP contribution in [0, 0.1) is 0 Å². The predicted octanol–water partition coefficient (Wildman–Crippen LogP) is 4.96. The van der Waals surface area contributed by atoms with Gasteiger partial charge in [0.1, 0.15) is 5.75 Å². The number of rotatable bonds is 11. The molecular formula is C23H32N2O2. The highest BCUT2D eigenvalue weighted by molar-refractivity contribution is 5.96. The van der Waals surface area contributed by atoms with Gasteiger partial charge in [-0.05, 0) is 37.1 Å². The lowest BCUT2D eigenvalue weighted by Gasteiger charge is -2.33. The Labute approximate surface area is 163 Å². The summed E-state index contributed by atoms with van der Waals surface area (Å²) in [5.74, 6) is 0.674. The molecular weight excluding hydrogens is 336 g/mol. The summed E-state index contributed by atoms with van der Waals surface area (Å²) in [5.41, 5.74) is 0.870. The Morgan fingerprint density at radius 1 is 0.889 bits per heavy atom. The van der Waals surface area contributed by atoms with Crippen molar-refractivity contribution in [2.24, 2.45) is 0 Å². The highest BCUT2D eigenvalue weighted by Gasteiger charge is 2.30. The Bertz CT molecular complexity index is 653. The molecule has 27 heavy (non-hydrogen) atoms. The minimum Gasteiger partial charge on any atom is -0.466 e. The normalized spacial score (nSPS) is 12.0. The van der Waals surface area contributed by atoms with Crippen molar-refractivity contribution in [3.8, 4) is 5.75 Å². The molecule has 2 aromatic rings. The van der Waals surface area contributed by atoms with Crippen LogP contribution >= 0.6 is 0 Å². The molecule has 0 spiro atoms. The molecule has 146 valence electrons. The maximum absolute atomic E-state index is 13.4. The van der Waals surface area contributed by atoms with Gasteiger partial charge in [-0.3, -0.25) is 9.69 Å². The molecule has 4 nitrogen and oxygen atoms in total. The van der Waals surface area contributed by atoms with Gasteiger partial charge in [0.05, 0.1) is 0 Å². The van der Waals surface area contributed by atoms with E-state index in [1.54, 1.807) is 4.90 Å². The molecule has 0 saturated heterocycles. The zero-order valence-electron chi connectivity index (χ0n) is 16.8. The quantitative estimate of drug-likeness (QED) is 0.526. The van der Waals surface area contributed by atoms with Crippen LogP contribution in [0.5, 0.6) is 5.75 Å². The number of benzene rings is 2. The molecule has 4 heteroatoms. The molecule has 0 aromatic heterocycles. The van der Waals surface area contributed by atoms with E-state index in [-0.39, 0.29) is 5.91 Å². The minimum absolute atomic E-state index is 0.0442. The van der Waals surface area contributed by atoms with Crippen molar-refractivity contribution in [2.45, 2.75) is 45.8 Å². The summed E-state index contributed by atoms with van der Waals surface area (Å²) < 4.78 is 6.21. The van der Waals surface area contributed by atoms with Gasteiger partial charge in [0.25, 0.3) is 5.91 Å². The number of para-hydroxylation sites is 2. The molecule has 0 radical (unpaired) electrons. The molecule has 0 fully saturated rings. The number of likely N-dealkylation sites (N-methyl/N-ethyl adjacent to an activating group) is 1. The second-order valence-electron chi connectivity index (χ2n) is 6.76. The van der Waals surface area contributed by atoms with Crippen molar-refractivity contribution in [1.82, 2.24) is 4.90 Å². The van der Waals surface area contributed by atoms with Crippen LogP contribution in [0.4, 0.5) is 5.69 Å². The van der Waals surface area contributed by atoms with Crippen LogP contribution in [0.1, 0.15) is 39.5 Å². The maximum atomic E-state index is 13.4. The van der Waals surface area contributed by atoms with Crippen LogP contribution in [0.25, 0.3) is 0 Å². The van der Waals surface area contributed by atoms with E-state index >= 15 is 0 Å². The van der Waals surface area contributed by atoms with E-state index in [2.05, 4.69) is 18.7 Å². The maximum Gasteiger partial charge on any atom is 0.283 e. The van der Waals surface area contributed by atoms with Crippen molar-refractivity contribution in [2.75, 3.05) is 25.0 Å². The Kier molecular flexibility index (Phi) is 8.85. The summed E-state index contributed by atoms with van der Waals surface area (Å²) >= 11 is 0.